The van der Waals surface area contributed by atoms with Gasteiger partial charge in [0.15, 0.2) is 73.1 Å². The van der Waals surface area contributed by atoms with Crippen LogP contribution in [0.5, 0.6) is 0 Å². The van der Waals surface area contributed by atoms with Crippen molar-refractivity contribution in [3.8, 4) is 0 Å². The third-order valence-corrected chi connectivity index (χ3v) is 28.4. The molecule has 0 aromatic carbocycles. The minimum absolute atomic E-state index is 0.0377. The normalized spacial score (nSPS) is 40.5. The second-order valence-electron chi connectivity index (χ2n) is 31.0. The predicted molar refractivity (Wildman–Crippen MR) is 430 cm³/mol. The first-order chi connectivity index (χ1) is 62.7. The Kier molecular flexibility index (Phi) is 24.7. The van der Waals surface area contributed by atoms with Gasteiger partial charge in [0, 0.05) is 0 Å². The van der Waals surface area contributed by atoms with E-state index in [0.29, 0.717) is 0 Å². The predicted octanol–water partition coefficient (Wildman–Crippen LogP) is -6.62. The summed E-state index contributed by atoms with van der Waals surface area (Å²) in [5, 5.41) is 90.4. The second-order valence-corrected chi connectivity index (χ2v) is 39.4. The molecule has 19 rings (SSSR count). The fraction of sp³-hybridized carbons (Fsp3) is 0.600. The quantitative estimate of drug-likeness (QED) is 0.0690. The van der Waals surface area contributed by atoms with Gasteiger partial charge in [0.1, 0.15) is 179 Å². The number of hydrogen-bond acceptors (Lipinski definition) is 54. The molecule has 7 saturated heterocycles. The molecule has 6 aromatic heterocycles. The lowest BCUT2D eigenvalue weighted by Crippen LogP contribution is -2.39. The van der Waals surface area contributed by atoms with Crippen molar-refractivity contribution in [1.29, 1.82) is 0 Å². The van der Waals surface area contributed by atoms with Crippen LogP contribution in [0.1, 0.15) is 71.5 Å². The number of nitrogens with two attached hydrogens (primary N) is 6. The number of aromatic nitrogens is 12. The third kappa shape index (κ3) is 18.3. The Balaban J connectivity index is 0.663. The minimum Gasteiger partial charge on any atom is -0.386 e. The van der Waals surface area contributed by atoms with Gasteiger partial charge in [0.05, 0.1) is 117 Å². The van der Waals surface area contributed by atoms with E-state index in [-0.39, 0.29) is 144 Å². The van der Waals surface area contributed by atoms with E-state index in [1.807, 2.05) is 0 Å². The molecular weight excluding hydrogens is 1900 g/mol. The van der Waals surface area contributed by atoms with Crippen molar-refractivity contribution in [2.24, 2.45) is 64.4 Å². The Hall–Kier alpha value is -8.94. The monoisotopic (exact) mass is 1990 g/mol. The molecule has 0 spiro atoms. The van der Waals surface area contributed by atoms with E-state index in [2.05, 4.69) is 91.8 Å². The number of rotatable bonds is 6. The first-order valence-corrected chi connectivity index (χ1v) is 48.4. The van der Waals surface area contributed by atoms with Crippen LogP contribution in [0.4, 0.5) is 34.9 Å². The molecule has 0 radical (unpaired) electrons. The topological polar surface area (TPSA) is 921 Å². The van der Waals surface area contributed by atoms with Crippen molar-refractivity contribution >= 4 is 118 Å². The van der Waals surface area contributed by atoms with Gasteiger partial charge in [-0.15, -0.1) is 0 Å². The number of hydrogen-bond donors (Lipinski definition) is 24. The van der Waals surface area contributed by atoms with Crippen LogP contribution in [0, 0.1) is 0 Å². The maximum atomic E-state index is 14.8. The molecule has 0 bridgehead atoms. The summed E-state index contributed by atoms with van der Waals surface area (Å²) in [6.45, 7) is -8.72. The molecule has 0 saturated carbocycles. The van der Waals surface area contributed by atoms with E-state index in [9.17, 15) is 87.4 Å². The molecule has 6 unspecified atom stereocenters. The molecule has 30 atom stereocenters. The molecule has 30 N–H and O–H groups in total. The maximum Gasteiger partial charge on any atom is 0.472 e. The van der Waals surface area contributed by atoms with Crippen molar-refractivity contribution in [1.82, 2.24) is 57.3 Å². The molecule has 6 aromatic rings. The summed E-state index contributed by atoms with van der Waals surface area (Å²) < 4.78 is 200. The number of aliphatic hydroxyl groups is 6. The number of imidazole rings is 6. The van der Waals surface area contributed by atoms with E-state index in [1.165, 1.54) is 0 Å². The van der Waals surface area contributed by atoms with Crippen LogP contribution in [0.15, 0.2) is 67.9 Å². The van der Waals surface area contributed by atoms with Gasteiger partial charge < -0.3 is 155 Å². The molecule has 66 nitrogen and oxygen atoms in total. The molecule has 132 heavy (non-hydrogen) atoms. The van der Waals surface area contributed by atoms with Gasteiger partial charge in [-0.1, -0.05) is 0 Å². The van der Waals surface area contributed by atoms with Crippen LogP contribution in [0.2, 0.25) is 0 Å². The Morgan fingerprint density at radius 1 is 0.258 bits per heavy atom. The zero-order chi connectivity index (χ0) is 92.9. The number of nitrogens with zero attached hydrogens (tertiary/aromatic N) is 18. The molecule has 19 heterocycles. The largest absolute Gasteiger partial charge is 0.472 e. The Morgan fingerprint density at radius 3 is 0.530 bits per heavy atom. The first-order valence-electron chi connectivity index (χ1n) is 39.4. The van der Waals surface area contributed by atoms with E-state index in [1.54, 1.807) is 0 Å². The van der Waals surface area contributed by atoms with E-state index in [0.717, 1.165) is 65.4 Å². The highest BCUT2D eigenvalue weighted by Gasteiger charge is 2.60. The lowest BCUT2D eigenvalue weighted by atomic mass is 10.1. The molecule has 720 valence electrons. The number of aliphatic hydroxyl groups excluding tert-OH is 6. The number of fused-ring (bicyclic) bond motifs is 12. The summed E-state index contributed by atoms with van der Waals surface area (Å²) in [7, 11) is -35.5. The number of phosphoric acid groups is 6. The van der Waals surface area contributed by atoms with Gasteiger partial charge in [0.2, 0.25) is 0 Å². The Labute approximate surface area is 736 Å². The lowest BCUT2D eigenvalue weighted by Gasteiger charge is -2.27. The van der Waals surface area contributed by atoms with E-state index in [4.69, 9.17) is 117 Å². The zero-order valence-electron chi connectivity index (χ0n) is 67.2. The summed E-state index contributed by atoms with van der Waals surface area (Å²) >= 11 is 0. The molecule has 72 heteroatoms. The van der Waals surface area contributed by atoms with Gasteiger partial charge in [-0.05, 0) is 0 Å². The van der Waals surface area contributed by atoms with Gasteiger partial charge >= 0.3 is 46.9 Å². The fourth-order valence-corrected chi connectivity index (χ4v) is 22.2. The molecule has 13 aliphatic rings. The number of anilines is 6. The number of ether oxygens (including phenoxy) is 6. The smallest absolute Gasteiger partial charge is 0.386 e. The number of nitrogens with one attached hydrogen (secondary N) is 6. The Morgan fingerprint density at radius 2 is 0.394 bits per heavy atom. The van der Waals surface area contributed by atoms with Crippen LogP contribution in [-0.2, 0) is 149 Å². The maximum absolute atomic E-state index is 14.8. The van der Waals surface area contributed by atoms with E-state index >= 15 is 0 Å². The van der Waals surface area contributed by atoms with Crippen molar-refractivity contribution in [3.63, 3.8) is 0 Å². The molecule has 7 fully saturated rings. The summed E-state index contributed by atoms with van der Waals surface area (Å²) in [4.78, 5) is 122. The number of aliphatic imine (C=N–C) groups is 6. The lowest BCUT2D eigenvalue weighted by molar-refractivity contribution is -0.0665. The van der Waals surface area contributed by atoms with Gasteiger partial charge in [-0.25, -0.2) is 87.2 Å². The van der Waals surface area contributed by atoms with Crippen LogP contribution in [0.3, 0.4) is 0 Å². The number of guanidine groups is 6. The van der Waals surface area contributed by atoms with E-state index < -0.39 is 234 Å². The summed E-state index contributed by atoms with van der Waals surface area (Å²) in [5.74, 6) is -0.717. The fourth-order valence-electron chi connectivity index (χ4n) is 16.4. The summed E-state index contributed by atoms with van der Waals surface area (Å²) in [6.07, 6.45) is -43.2. The highest BCUT2D eigenvalue weighted by molar-refractivity contribution is 7.48. The minimum atomic E-state index is -5.91. The van der Waals surface area contributed by atoms with Crippen LogP contribution in [0.25, 0.3) is 0 Å². The average Bonchev–Trinajstić information content (AvgIpc) is 1.62. The van der Waals surface area contributed by atoms with Crippen molar-refractivity contribution in [2.45, 2.75) is 187 Å². The van der Waals surface area contributed by atoms with Crippen LogP contribution in [-0.4, -0.2) is 303 Å². The zero-order valence-corrected chi connectivity index (χ0v) is 72.5. The van der Waals surface area contributed by atoms with Gasteiger partial charge in [0.25, 0.3) is 0 Å². The molecular formula is C60H84N30O36P6. The highest BCUT2D eigenvalue weighted by atomic mass is 31.2. The third-order valence-electron chi connectivity index (χ3n) is 22.5. The first kappa shape index (κ1) is 92.1. The van der Waals surface area contributed by atoms with Gasteiger partial charge in [-0.3, -0.25) is 81.7 Å². The summed E-state index contributed by atoms with van der Waals surface area (Å²) in [5.41, 5.74) is 37.4. The van der Waals surface area contributed by atoms with Crippen LogP contribution >= 0.6 is 46.9 Å². The van der Waals surface area contributed by atoms with Gasteiger partial charge in [-0.2, -0.15) is 0 Å². The number of phosphoric ester groups is 6. The average molecular weight is 1990 g/mol. The molecule has 13 aliphatic heterocycles. The molecule has 0 aliphatic carbocycles. The second kappa shape index (κ2) is 35.3. The SMILES string of the molecule is NC1=NCc2ncn([C@@H]3O[C@@H]4COP(=O)(O)O[C@@H]5[C@@H](O)[C@@H](n6cnc7c6NC(N)=NC7)O[C@H]5COP(=O)(O)O[C@H]5[C@H](O)[C@H](n6cnc7c6NC(N)=NC7)O[C@@H]5COP(=O)(O)O[C@H]5[C@@H](O)[C@@H](n6cnc7c6NC(N)=NC7)O[C@@H]5COP(=O)(O)O[C@H]5[C@@H](O)[C@@H](n6cnc7c6NC(N)=NC7)O[C@@H]5COP(=O)(O)O[C@@H]5[C@@H](O)[C@@H](n6cnc7c6NC(N)=NC7)O[C@H]5COP(=O)(O)O[C@H]4[C@@H]3O)c2N1. The molecule has 0 amide bonds. The highest BCUT2D eigenvalue weighted by Crippen LogP contribution is 2.59. The van der Waals surface area contributed by atoms with Crippen molar-refractivity contribution in [2.75, 3.05) is 71.5 Å². The summed E-state index contributed by atoms with van der Waals surface area (Å²) in [6, 6.07) is 0. The van der Waals surface area contributed by atoms with Crippen molar-refractivity contribution in [3.05, 3.63) is 72.1 Å². The standard InChI is InChI=1S/C60H84N30O36P6/c61-55-67-1-19-43(79-55)85(13-73-19)49-31(91)37-25(115-49)7-109-128(99,100)122-38-27(117-50(32(38)92)86-14-74-20-2-68-56(62)80-44(20)86)9-111-130(103,104)124-40-29(119-52(34(40)94)88-16-76-22-4-70-58(64)82-46(22)88)11-113-132(107,108)126-42-30(120-54(36(42)96)90-18-78-24-6-72-60(66)84-48(24)90)12-114-131(105,106)125-41-28(118-53(35(41)95)89-17-77-23-5-71-59(65)83-47(23)89)10-112-129(101,102)123-39-26(8-110-127(97,98)121-37)116-51(33(39)93)87-15-75-21-3-69-57(63)81-45(21)87/h13-18,25-42,49-54,91-96H,1-12H2,(H,97,98)(H,99,100)(H,101,102)(H,103,104)(H,105,106)(H,107,108)(H3,61,67,79)(H3,62,68,80)(H3,63,69,81)(H3,64,70,82)(H3,65,71,83)(H3,66,72,84)/t25-,26-,27-,28+,29+,30-,31-,32-,33+,34-,35-,36+,37-,38-,39-,40+,41+,42-,49+,50+,51-,52+,53+,54-/m1/s1. The van der Waals surface area contributed by atoms with Crippen molar-refractivity contribution < 1.29 is 170 Å². The Bertz CT molecular complexity index is 5050. The van der Waals surface area contributed by atoms with Crippen LogP contribution < -0.4 is 66.3 Å².